The van der Waals surface area contributed by atoms with Crippen molar-refractivity contribution >= 4 is 0 Å². The van der Waals surface area contributed by atoms with Crippen LogP contribution in [0, 0.1) is 5.92 Å². The fraction of sp³-hybridized carbons (Fsp3) is 0.667. The first-order valence-corrected chi connectivity index (χ1v) is 5.51. The minimum atomic E-state index is 0.891. The summed E-state index contributed by atoms with van der Waals surface area (Å²) in [6.07, 6.45) is 13.6. The second kappa shape index (κ2) is 4.61. The molecule has 1 heterocycles. The molecular weight excluding hydrogens is 158 g/mol. The van der Waals surface area contributed by atoms with Gasteiger partial charge in [0.15, 0.2) is 0 Å². The summed E-state index contributed by atoms with van der Waals surface area (Å²) in [4.78, 5) is 0. The van der Waals surface area contributed by atoms with Gasteiger partial charge >= 0.3 is 0 Å². The van der Waals surface area contributed by atoms with Crippen LogP contribution >= 0.6 is 0 Å². The van der Waals surface area contributed by atoms with Gasteiger partial charge in [0.05, 0.1) is 0 Å². The van der Waals surface area contributed by atoms with Gasteiger partial charge in [0.25, 0.3) is 0 Å². The molecule has 72 valence electrons. The van der Waals surface area contributed by atoms with Crippen molar-refractivity contribution in [1.82, 2.24) is 5.32 Å². The molecule has 0 aromatic heterocycles. The van der Waals surface area contributed by atoms with Crippen LogP contribution in [0.4, 0.5) is 0 Å². The van der Waals surface area contributed by atoms with E-state index in [1.54, 1.807) is 5.57 Å². The quantitative estimate of drug-likeness (QED) is 0.683. The summed E-state index contributed by atoms with van der Waals surface area (Å²) in [7, 11) is 0. The summed E-state index contributed by atoms with van der Waals surface area (Å²) in [5, 5.41) is 3.47. The van der Waals surface area contributed by atoms with Crippen LogP contribution in [0.15, 0.2) is 23.8 Å². The number of allylic oxidation sites excluding steroid dienone is 4. The molecule has 1 aliphatic heterocycles. The molecule has 1 fully saturated rings. The molecule has 1 heteroatoms. The number of rotatable bonds is 2. The van der Waals surface area contributed by atoms with Crippen molar-refractivity contribution in [2.24, 2.45) is 5.92 Å². The monoisotopic (exact) mass is 177 g/mol. The molecule has 0 aromatic rings. The highest BCUT2D eigenvalue weighted by Gasteiger charge is 2.13. The van der Waals surface area contributed by atoms with E-state index in [4.69, 9.17) is 0 Å². The van der Waals surface area contributed by atoms with Gasteiger partial charge in [0, 0.05) is 0 Å². The van der Waals surface area contributed by atoms with Gasteiger partial charge in [-0.1, -0.05) is 23.8 Å². The smallest absolute Gasteiger partial charge is 0.00173 e. The van der Waals surface area contributed by atoms with Gasteiger partial charge in [-0.15, -0.1) is 0 Å². The van der Waals surface area contributed by atoms with Gasteiger partial charge < -0.3 is 5.32 Å². The molecule has 0 aromatic carbocycles. The predicted octanol–water partition coefficient (Wildman–Crippen LogP) is 2.65. The Morgan fingerprint density at radius 3 is 3.08 bits per heavy atom. The van der Waals surface area contributed by atoms with E-state index in [-0.39, 0.29) is 0 Å². The molecule has 0 radical (unpaired) electrons. The number of piperidine rings is 1. The van der Waals surface area contributed by atoms with E-state index in [1.807, 2.05) is 0 Å². The first-order valence-electron chi connectivity index (χ1n) is 5.51. The Hall–Kier alpha value is -0.560. The van der Waals surface area contributed by atoms with E-state index in [1.165, 1.54) is 45.2 Å². The fourth-order valence-corrected chi connectivity index (χ4v) is 2.25. The first-order chi connectivity index (χ1) is 6.45. The number of hydrogen-bond donors (Lipinski definition) is 1. The third kappa shape index (κ3) is 2.70. The zero-order valence-corrected chi connectivity index (χ0v) is 8.26. The maximum atomic E-state index is 3.47. The Morgan fingerprint density at radius 2 is 2.38 bits per heavy atom. The van der Waals surface area contributed by atoms with Crippen molar-refractivity contribution in [3.05, 3.63) is 23.8 Å². The highest BCUT2D eigenvalue weighted by molar-refractivity contribution is 5.22. The average Bonchev–Trinajstić information content (AvgIpc) is 2.21. The summed E-state index contributed by atoms with van der Waals surface area (Å²) >= 11 is 0. The largest absolute Gasteiger partial charge is 0.316 e. The summed E-state index contributed by atoms with van der Waals surface area (Å²) in [6, 6.07) is 0. The van der Waals surface area contributed by atoms with Gasteiger partial charge in [-0.2, -0.15) is 0 Å². The Bertz CT molecular complexity index is 209. The fourth-order valence-electron chi connectivity index (χ4n) is 2.25. The topological polar surface area (TPSA) is 12.0 Å². The van der Waals surface area contributed by atoms with Crippen LogP contribution in [-0.2, 0) is 0 Å². The Morgan fingerprint density at radius 1 is 1.38 bits per heavy atom. The normalized spacial score (nSPS) is 28.6. The number of hydrogen-bond acceptors (Lipinski definition) is 1. The molecule has 0 saturated carbocycles. The molecule has 0 amide bonds. The summed E-state index contributed by atoms with van der Waals surface area (Å²) in [5.74, 6) is 0.891. The molecule has 13 heavy (non-hydrogen) atoms. The lowest BCUT2D eigenvalue weighted by molar-refractivity contribution is 0.376. The van der Waals surface area contributed by atoms with Crippen molar-refractivity contribution in [1.29, 1.82) is 0 Å². The zero-order chi connectivity index (χ0) is 8.93. The van der Waals surface area contributed by atoms with Crippen molar-refractivity contribution in [3.8, 4) is 0 Å². The molecule has 2 aliphatic rings. The van der Waals surface area contributed by atoms with E-state index in [2.05, 4.69) is 23.5 Å². The van der Waals surface area contributed by atoms with Crippen LogP contribution in [0.3, 0.4) is 0 Å². The van der Waals surface area contributed by atoms with Gasteiger partial charge in [-0.25, -0.2) is 0 Å². The molecule has 1 atom stereocenters. The van der Waals surface area contributed by atoms with Gasteiger partial charge in [0.1, 0.15) is 0 Å². The van der Waals surface area contributed by atoms with E-state index in [0.717, 1.165) is 5.92 Å². The van der Waals surface area contributed by atoms with E-state index in [9.17, 15) is 0 Å². The second-order valence-electron chi connectivity index (χ2n) is 4.18. The van der Waals surface area contributed by atoms with Crippen LogP contribution in [0.2, 0.25) is 0 Å². The summed E-state index contributed by atoms with van der Waals surface area (Å²) in [6.45, 7) is 2.45. The van der Waals surface area contributed by atoms with Crippen LogP contribution in [0.1, 0.15) is 32.1 Å². The maximum absolute atomic E-state index is 3.47. The molecule has 2 rings (SSSR count). The van der Waals surface area contributed by atoms with Crippen LogP contribution in [0.25, 0.3) is 0 Å². The van der Waals surface area contributed by atoms with Crippen LogP contribution < -0.4 is 5.32 Å². The highest BCUT2D eigenvalue weighted by atomic mass is 14.9. The van der Waals surface area contributed by atoms with E-state index < -0.39 is 0 Å². The third-order valence-corrected chi connectivity index (χ3v) is 3.00. The Kier molecular flexibility index (Phi) is 3.20. The van der Waals surface area contributed by atoms with Gasteiger partial charge in [-0.05, 0) is 51.1 Å². The highest BCUT2D eigenvalue weighted by Crippen LogP contribution is 2.22. The molecule has 1 nitrogen and oxygen atoms in total. The van der Waals surface area contributed by atoms with Gasteiger partial charge in [0.2, 0.25) is 0 Å². The third-order valence-electron chi connectivity index (χ3n) is 3.00. The minimum Gasteiger partial charge on any atom is -0.316 e. The van der Waals surface area contributed by atoms with Crippen molar-refractivity contribution in [2.75, 3.05) is 13.1 Å². The van der Waals surface area contributed by atoms with Crippen LogP contribution in [-0.4, -0.2) is 13.1 Å². The Balaban J connectivity index is 1.82. The second-order valence-corrected chi connectivity index (χ2v) is 4.18. The van der Waals surface area contributed by atoms with Gasteiger partial charge in [-0.3, -0.25) is 0 Å². The maximum Gasteiger partial charge on any atom is -0.00173 e. The average molecular weight is 177 g/mol. The van der Waals surface area contributed by atoms with Crippen molar-refractivity contribution in [2.45, 2.75) is 32.1 Å². The lowest BCUT2D eigenvalue weighted by Gasteiger charge is -2.23. The van der Waals surface area contributed by atoms with Crippen molar-refractivity contribution < 1.29 is 0 Å². The number of nitrogens with one attached hydrogen (secondary N) is 1. The molecule has 1 N–H and O–H groups in total. The SMILES string of the molecule is C1=CC(CC2CCCNC2)=CCC1. The molecule has 0 spiro atoms. The van der Waals surface area contributed by atoms with Crippen LogP contribution in [0.5, 0.6) is 0 Å². The molecule has 1 aliphatic carbocycles. The first kappa shape index (κ1) is 9.01. The molecule has 1 saturated heterocycles. The Labute approximate surface area is 80.9 Å². The molecule has 1 unspecified atom stereocenters. The molecule has 0 bridgehead atoms. The lowest BCUT2D eigenvalue weighted by atomic mass is 9.90. The minimum absolute atomic E-state index is 0.891. The van der Waals surface area contributed by atoms with Crippen molar-refractivity contribution in [3.63, 3.8) is 0 Å². The summed E-state index contributed by atoms with van der Waals surface area (Å²) in [5.41, 5.74) is 1.57. The van der Waals surface area contributed by atoms with E-state index in [0.29, 0.717) is 0 Å². The van der Waals surface area contributed by atoms with E-state index >= 15 is 0 Å². The summed E-state index contributed by atoms with van der Waals surface area (Å²) < 4.78 is 0. The standard InChI is InChI=1S/C12H19N/c1-2-5-11(6-3-1)9-12-7-4-8-13-10-12/h2,5-6,12-13H,1,3-4,7-10H2. The zero-order valence-electron chi connectivity index (χ0n) is 8.26. The lowest BCUT2D eigenvalue weighted by Crippen LogP contribution is -2.29. The molecular formula is C12H19N. The predicted molar refractivity (Wildman–Crippen MR) is 56.7 cm³/mol.